The van der Waals surface area contributed by atoms with E-state index in [1.807, 2.05) is 62.4 Å². The van der Waals surface area contributed by atoms with Crippen molar-refractivity contribution in [3.05, 3.63) is 102 Å². The van der Waals surface area contributed by atoms with Gasteiger partial charge in [-0.05, 0) is 31.1 Å². The predicted molar refractivity (Wildman–Crippen MR) is 107 cm³/mol. The van der Waals surface area contributed by atoms with E-state index in [2.05, 4.69) is 10.1 Å². The van der Waals surface area contributed by atoms with Crippen molar-refractivity contribution in [2.75, 3.05) is 0 Å². The van der Waals surface area contributed by atoms with Gasteiger partial charge in [-0.3, -0.25) is 9.59 Å². The fourth-order valence-electron chi connectivity index (χ4n) is 2.77. The molecule has 134 valence electrons. The third kappa shape index (κ3) is 3.57. The molecular formula is C21H17N3O2S. The first-order valence-corrected chi connectivity index (χ1v) is 9.38. The molecule has 0 atom stereocenters. The first-order valence-electron chi connectivity index (χ1n) is 8.56. The van der Waals surface area contributed by atoms with Gasteiger partial charge in [0.1, 0.15) is 5.69 Å². The molecule has 27 heavy (non-hydrogen) atoms. The van der Waals surface area contributed by atoms with Crippen LogP contribution in [0.1, 0.15) is 27.9 Å². The summed E-state index contributed by atoms with van der Waals surface area (Å²) in [5.74, 6) is 0. The minimum absolute atomic E-state index is 0.256. The smallest absolute Gasteiger partial charge is 0.266 e. The molecule has 0 amide bonds. The van der Waals surface area contributed by atoms with E-state index in [0.717, 1.165) is 22.3 Å². The SMILES string of the molecule is Cc1ccc(C=c2sc3nc(=O)c(Cc4ccc(C)cc4)nn3c2=O)cc1. The van der Waals surface area contributed by atoms with Gasteiger partial charge in [0.15, 0.2) is 0 Å². The van der Waals surface area contributed by atoms with Gasteiger partial charge in [-0.15, -0.1) is 0 Å². The number of fused-ring (bicyclic) bond motifs is 1. The van der Waals surface area contributed by atoms with Gasteiger partial charge in [0.25, 0.3) is 11.1 Å². The molecule has 6 heteroatoms. The fraction of sp³-hybridized carbons (Fsp3) is 0.143. The van der Waals surface area contributed by atoms with E-state index in [0.29, 0.717) is 15.9 Å². The molecule has 2 aromatic heterocycles. The van der Waals surface area contributed by atoms with Gasteiger partial charge in [0, 0.05) is 6.42 Å². The second-order valence-corrected chi connectivity index (χ2v) is 7.56. The zero-order valence-corrected chi connectivity index (χ0v) is 15.8. The zero-order chi connectivity index (χ0) is 19.0. The standard InChI is InChI=1S/C21H17N3O2S/c1-13-3-7-15(8-4-13)11-17-19(25)22-21-24(23-17)20(26)18(27-21)12-16-9-5-14(2)6-10-16/h3-10,12H,11H2,1-2H3. The van der Waals surface area contributed by atoms with E-state index < -0.39 is 5.56 Å². The first kappa shape index (κ1) is 17.3. The molecule has 0 aliphatic carbocycles. The van der Waals surface area contributed by atoms with Gasteiger partial charge in [0.05, 0.1) is 4.53 Å². The van der Waals surface area contributed by atoms with Gasteiger partial charge in [-0.25, -0.2) is 0 Å². The Morgan fingerprint density at radius 3 is 2.26 bits per heavy atom. The van der Waals surface area contributed by atoms with Crippen molar-refractivity contribution in [2.24, 2.45) is 0 Å². The maximum absolute atomic E-state index is 12.7. The highest BCUT2D eigenvalue weighted by atomic mass is 32.1. The van der Waals surface area contributed by atoms with E-state index in [1.54, 1.807) is 6.08 Å². The van der Waals surface area contributed by atoms with Crippen molar-refractivity contribution >= 4 is 22.4 Å². The number of benzene rings is 2. The van der Waals surface area contributed by atoms with Gasteiger partial charge in [-0.1, -0.05) is 71.0 Å². The molecule has 0 bridgehead atoms. The summed E-state index contributed by atoms with van der Waals surface area (Å²) in [7, 11) is 0. The molecule has 0 saturated carbocycles. The molecule has 4 rings (SSSR count). The summed E-state index contributed by atoms with van der Waals surface area (Å²) < 4.78 is 1.74. The Labute approximate surface area is 159 Å². The van der Waals surface area contributed by atoms with Crippen molar-refractivity contribution < 1.29 is 0 Å². The average molecular weight is 375 g/mol. The summed E-state index contributed by atoms with van der Waals surface area (Å²) in [6.07, 6.45) is 2.15. The molecule has 0 N–H and O–H groups in total. The van der Waals surface area contributed by atoms with Gasteiger partial charge >= 0.3 is 0 Å². The lowest BCUT2D eigenvalue weighted by Crippen LogP contribution is -2.28. The quantitative estimate of drug-likeness (QED) is 0.551. The van der Waals surface area contributed by atoms with Crippen LogP contribution in [0.2, 0.25) is 0 Å². The molecule has 4 aromatic rings. The summed E-state index contributed by atoms with van der Waals surface area (Å²) in [6.45, 7) is 4.02. The van der Waals surface area contributed by atoms with Crippen LogP contribution in [-0.4, -0.2) is 14.6 Å². The van der Waals surface area contributed by atoms with Crippen LogP contribution >= 0.6 is 11.3 Å². The highest BCUT2D eigenvalue weighted by molar-refractivity contribution is 7.15. The molecule has 2 heterocycles. The Bertz CT molecular complexity index is 1290. The maximum atomic E-state index is 12.7. The summed E-state index contributed by atoms with van der Waals surface area (Å²) >= 11 is 1.18. The summed E-state index contributed by atoms with van der Waals surface area (Å²) in [5, 5.41) is 4.29. The first-order chi connectivity index (χ1) is 13.0. The number of aryl methyl sites for hydroxylation is 2. The molecule has 0 aliphatic heterocycles. The van der Waals surface area contributed by atoms with Gasteiger partial charge < -0.3 is 0 Å². The number of thiazole rings is 1. The monoisotopic (exact) mass is 375 g/mol. The molecule has 5 nitrogen and oxygen atoms in total. The Kier molecular flexibility index (Phi) is 4.41. The maximum Gasteiger partial charge on any atom is 0.296 e. The number of nitrogens with zero attached hydrogens (tertiary/aromatic N) is 3. The number of hydrogen-bond donors (Lipinski definition) is 0. The molecule has 0 spiro atoms. The normalized spacial score (nSPS) is 12.0. The number of hydrogen-bond acceptors (Lipinski definition) is 5. The lowest BCUT2D eigenvalue weighted by Gasteiger charge is -2.01. The largest absolute Gasteiger partial charge is 0.296 e. The topological polar surface area (TPSA) is 64.3 Å². The molecule has 2 aromatic carbocycles. The summed E-state index contributed by atoms with van der Waals surface area (Å²) in [6, 6.07) is 15.8. The number of aromatic nitrogens is 3. The van der Waals surface area contributed by atoms with E-state index in [1.165, 1.54) is 15.9 Å². The van der Waals surface area contributed by atoms with Crippen LogP contribution < -0.4 is 15.7 Å². The van der Waals surface area contributed by atoms with Crippen LogP contribution in [0, 0.1) is 13.8 Å². The van der Waals surface area contributed by atoms with E-state index in [-0.39, 0.29) is 11.3 Å². The van der Waals surface area contributed by atoms with Crippen LogP contribution in [0.5, 0.6) is 0 Å². The Hall–Kier alpha value is -3.12. The highest BCUT2D eigenvalue weighted by Crippen LogP contribution is 2.08. The third-order valence-electron chi connectivity index (χ3n) is 4.32. The van der Waals surface area contributed by atoms with Crippen molar-refractivity contribution in [3.63, 3.8) is 0 Å². The van der Waals surface area contributed by atoms with Gasteiger partial charge in [-0.2, -0.15) is 14.6 Å². The lowest BCUT2D eigenvalue weighted by molar-refractivity contribution is 0.811. The zero-order valence-electron chi connectivity index (χ0n) is 15.0. The second kappa shape index (κ2) is 6.89. The van der Waals surface area contributed by atoms with Crippen LogP contribution in [0.15, 0.2) is 58.1 Å². The van der Waals surface area contributed by atoms with Crippen LogP contribution in [0.4, 0.5) is 0 Å². The van der Waals surface area contributed by atoms with Crippen LogP contribution in [-0.2, 0) is 6.42 Å². The van der Waals surface area contributed by atoms with Crippen molar-refractivity contribution in [1.82, 2.24) is 14.6 Å². The third-order valence-corrected chi connectivity index (χ3v) is 5.28. The number of rotatable bonds is 3. The van der Waals surface area contributed by atoms with Gasteiger partial charge in [0.2, 0.25) is 4.96 Å². The highest BCUT2D eigenvalue weighted by Gasteiger charge is 2.11. The summed E-state index contributed by atoms with van der Waals surface area (Å²) in [4.78, 5) is 29.4. The van der Waals surface area contributed by atoms with Crippen molar-refractivity contribution in [1.29, 1.82) is 0 Å². The molecule has 0 radical (unpaired) electrons. The lowest BCUT2D eigenvalue weighted by atomic mass is 10.1. The van der Waals surface area contributed by atoms with E-state index >= 15 is 0 Å². The molecule has 0 aliphatic rings. The molecule has 0 fully saturated rings. The fourth-order valence-corrected chi connectivity index (χ4v) is 3.67. The summed E-state index contributed by atoms with van der Waals surface area (Å²) in [5.41, 5.74) is 3.81. The second-order valence-electron chi connectivity index (χ2n) is 6.55. The van der Waals surface area contributed by atoms with Crippen molar-refractivity contribution in [3.8, 4) is 0 Å². The molecule has 0 unspecified atom stereocenters. The van der Waals surface area contributed by atoms with Crippen molar-refractivity contribution in [2.45, 2.75) is 20.3 Å². The minimum Gasteiger partial charge on any atom is -0.266 e. The Morgan fingerprint density at radius 2 is 1.59 bits per heavy atom. The van der Waals surface area contributed by atoms with Crippen LogP contribution in [0.3, 0.4) is 0 Å². The Balaban J connectivity index is 1.79. The molecule has 0 saturated heterocycles. The Morgan fingerprint density at radius 1 is 0.963 bits per heavy atom. The molecular weight excluding hydrogens is 358 g/mol. The van der Waals surface area contributed by atoms with E-state index in [4.69, 9.17) is 0 Å². The minimum atomic E-state index is -0.390. The van der Waals surface area contributed by atoms with E-state index in [9.17, 15) is 9.59 Å². The average Bonchev–Trinajstić information content (AvgIpc) is 2.94. The van der Waals surface area contributed by atoms with Crippen LogP contribution in [0.25, 0.3) is 11.0 Å². The predicted octanol–water partition coefficient (Wildman–Crippen LogP) is 2.27.